The third kappa shape index (κ3) is 17.1. The third-order valence-electron chi connectivity index (χ3n) is 8.41. The van der Waals surface area contributed by atoms with Crippen LogP contribution in [0.15, 0.2) is 12.7 Å². The van der Waals surface area contributed by atoms with E-state index in [9.17, 15) is 62.7 Å². The van der Waals surface area contributed by atoms with Gasteiger partial charge in [-0.05, 0) is 19.8 Å². The Hall–Kier alpha value is -2.97. The Labute approximate surface area is 347 Å². The second-order valence-electron chi connectivity index (χ2n) is 14.0. The zero-order chi connectivity index (χ0) is 44.9. The third-order valence-corrected chi connectivity index (χ3v) is 12.5. The fourth-order valence-corrected chi connectivity index (χ4v) is 8.83. The van der Waals surface area contributed by atoms with Gasteiger partial charge in [0.25, 0.3) is 0 Å². The summed E-state index contributed by atoms with van der Waals surface area (Å²) < 4.78 is 62.2. The molecular weight excluding hydrogens is 885 g/mol. The molecule has 1 aliphatic rings. The first-order chi connectivity index (χ1) is 27.9. The maximum Gasteiger partial charge on any atom is 0.481 e. The molecule has 3 rings (SSSR count). The summed E-state index contributed by atoms with van der Waals surface area (Å²) in [6.45, 7) is 2.56. The number of aliphatic hydroxyl groups excluding tert-OH is 2. The molecule has 3 amide bonds. The molecule has 30 heteroatoms. The van der Waals surface area contributed by atoms with Crippen LogP contribution in [0.4, 0.5) is 5.82 Å². The van der Waals surface area contributed by atoms with Gasteiger partial charge >= 0.3 is 23.5 Å². The first-order valence-electron chi connectivity index (χ1n) is 18.1. The average Bonchev–Trinajstić information content (AvgIpc) is 3.70. The van der Waals surface area contributed by atoms with Crippen LogP contribution in [0, 0.1) is 5.41 Å². The minimum Gasteiger partial charge on any atom is -0.386 e. The largest absolute Gasteiger partial charge is 0.481 e. The highest BCUT2D eigenvalue weighted by Crippen LogP contribution is 2.61. The average molecular weight is 937 g/mol. The van der Waals surface area contributed by atoms with E-state index in [0.717, 1.165) is 36.5 Å². The number of nitrogens with two attached hydrogens (primary N) is 1. The van der Waals surface area contributed by atoms with Crippen molar-refractivity contribution in [3.8, 4) is 0 Å². The fourth-order valence-electron chi connectivity index (χ4n) is 5.32. The lowest BCUT2D eigenvalue weighted by Crippen LogP contribution is -2.46. The summed E-state index contributed by atoms with van der Waals surface area (Å²) in [5.74, 6) is -0.825. The van der Waals surface area contributed by atoms with Gasteiger partial charge in [0.2, 0.25) is 17.7 Å². The minimum absolute atomic E-state index is 0.0270. The molecule has 1 aliphatic heterocycles. The Morgan fingerprint density at radius 3 is 2.32 bits per heavy atom. The number of rotatable bonds is 27. The quantitative estimate of drug-likeness (QED) is 0.0395. The molecule has 1 saturated heterocycles. The number of carbonyl (C=O) groups is 4. The van der Waals surface area contributed by atoms with Gasteiger partial charge in [-0.3, -0.25) is 32.5 Å². The number of nitrogens with one attached hydrogen (secondary N) is 3. The molecule has 60 heavy (non-hydrogen) atoms. The van der Waals surface area contributed by atoms with Crippen LogP contribution in [0.2, 0.25) is 0 Å². The lowest BCUT2D eigenvalue weighted by Gasteiger charge is -2.30. The van der Waals surface area contributed by atoms with Gasteiger partial charge in [0.15, 0.2) is 17.7 Å². The van der Waals surface area contributed by atoms with Crippen LogP contribution in [0.1, 0.15) is 59.1 Å². The molecule has 1 fully saturated rings. The van der Waals surface area contributed by atoms with Crippen LogP contribution < -0.4 is 21.7 Å². The number of amides is 3. The summed E-state index contributed by atoms with van der Waals surface area (Å²) in [6, 6.07) is 0. The fraction of sp³-hybridized carbons (Fsp3) is 0.700. The molecule has 0 spiro atoms. The molecule has 0 radical (unpaired) electrons. The Bertz CT molecular complexity index is 1940. The standard InChI is InChI=1S/C30H51N8O18P3S/c1-18(39)7-5-4-6-9-32-21(41)14-60-12-11-33-20(40)8-10-34-28(44)25(43)30(2,3)15-53-59(50,51)56-58(48,49)52-13-19-24(55-57(45,46)47)23(42)29(54-19)38-17-37-22-26(31)35-16-36-27(22)38/h16-17,19,23-25,29,42-43H,4-15H2,1-3H3,(H,32,41)(H,33,40)(H,34,44)(H,48,49)(H,50,51)(H2,31,35,36)(H2,45,46,47). The number of nitrogen functional groups attached to an aromatic ring is 1. The number of aliphatic hydroxyl groups is 2. The van der Waals surface area contributed by atoms with Crippen LogP contribution in [-0.4, -0.2) is 142 Å². The van der Waals surface area contributed by atoms with Crippen molar-refractivity contribution < 1.29 is 85.3 Å². The number of nitrogens with zero attached hydrogens (tertiary/aromatic N) is 4. The number of thioether (sulfide) groups is 1. The summed E-state index contributed by atoms with van der Waals surface area (Å²) >= 11 is 1.31. The molecule has 0 aromatic carbocycles. The van der Waals surface area contributed by atoms with E-state index in [1.54, 1.807) is 0 Å². The first kappa shape index (κ1) is 51.4. The van der Waals surface area contributed by atoms with E-state index in [1.807, 2.05) is 0 Å². The van der Waals surface area contributed by atoms with Gasteiger partial charge in [-0.2, -0.15) is 16.1 Å². The zero-order valence-corrected chi connectivity index (χ0v) is 36.2. The van der Waals surface area contributed by atoms with Gasteiger partial charge in [0, 0.05) is 43.6 Å². The minimum atomic E-state index is -5.58. The predicted octanol–water partition coefficient (Wildman–Crippen LogP) is -0.596. The van der Waals surface area contributed by atoms with Crippen molar-refractivity contribution in [3.05, 3.63) is 12.7 Å². The zero-order valence-electron chi connectivity index (χ0n) is 32.7. The molecular formula is C30H51N8O18P3S. The van der Waals surface area contributed by atoms with Crippen molar-refractivity contribution in [1.82, 2.24) is 35.5 Å². The molecule has 0 aliphatic carbocycles. The van der Waals surface area contributed by atoms with Crippen molar-refractivity contribution in [2.75, 3.05) is 50.1 Å². The maximum absolute atomic E-state index is 12.7. The molecule has 7 atom stereocenters. The first-order valence-corrected chi connectivity index (χ1v) is 23.8. The molecule has 7 unspecified atom stereocenters. The van der Waals surface area contributed by atoms with Crippen molar-refractivity contribution in [1.29, 1.82) is 0 Å². The number of phosphoric ester groups is 3. The number of imidazole rings is 1. The SMILES string of the molecule is CC(=O)CCCCCNC(=O)CSCCNC(=O)CCNC(=O)C(O)C(C)(C)COP(=O)(O)OP(=O)(O)OCC1OC(n2cnc3c(N)ncnc32)C(O)C1OP(=O)(O)O. The van der Waals surface area contributed by atoms with E-state index in [2.05, 4.69) is 39.7 Å². The monoisotopic (exact) mass is 936 g/mol. The summed E-state index contributed by atoms with van der Waals surface area (Å²) in [5, 5.41) is 29.2. The topological polar surface area (TPSA) is 393 Å². The molecule has 0 saturated carbocycles. The summed E-state index contributed by atoms with van der Waals surface area (Å²) in [5.41, 5.74) is 4.25. The van der Waals surface area contributed by atoms with Crippen LogP contribution in [0.25, 0.3) is 11.2 Å². The van der Waals surface area contributed by atoms with Crippen molar-refractivity contribution in [2.45, 2.75) is 83.5 Å². The lowest BCUT2D eigenvalue weighted by molar-refractivity contribution is -0.137. The van der Waals surface area contributed by atoms with Gasteiger partial charge in [0.1, 0.15) is 42.0 Å². The molecule has 11 N–H and O–H groups in total. The smallest absolute Gasteiger partial charge is 0.386 e. The van der Waals surface area contributed by atoms with Crippen molar-refractivity contribution in [3.63, 3.8) is 0 Å². The van der Waals surface area contributed by atoms with E-state index in [4.69, 9.17) is 19.5 Å². The molecule has 3 heterocycles. The van der Waals surface area contributed by atoms with Gasteiger partial charge in [0.05, 0.1) is 25.3 Å². The number of anilines is 1. The number of hydrogen-bond acceptors (Lipinski definition) is 19. The molecule has 26 nitrogen and oxygen atoms in total. The number of carbonyl (C=O) groups excluding carboxylic acids is 4. The van der Waals surface area contributed by atoms with E-state index < -0.39 is 84.6 Å². The number of ketones is 1. The van der Waals surface area contributed by atoms with Gasteiger partial charge in [-0.15, -0.1) is 0 Å². The lowest BCUT2D eigenvalue weighted by atomic mass is 9.87. The molecule has 2 aromatic rings. The molecule has 2 aromatic heterocycles. The number of Topliss-reactive ketones (excluding diaryl/α,β-unsaturated/α-hetero) is 1. The van der Waals surface area contributed by atoms with E-state index >= 15 is 0 Å². The van der Waals surface area contributed by atoms with Crippen LogP contribution in [0.3, 0.4) is 0 Å². The van der Waals surface area contributed by atoms with Crippen LogP contribution in [-0.2, 0) is 55.5 Å². The number of fused-ring (bicyclic) bond motifs is 1. The van der Waals surface area contributed by atoms with E-state index in [0.29, 0.717) is 18.7 Å². The number of hydrogen-bond donors (Lipinski definition) is 10. The number of aromatic nitrogens is 4. The van der Waals surface area contributed by atoms with Crippen LogP contribution in [0.5, 0.6) is 0 Å². The summed E-state index contributed by atoms with van der Waals surface area (Å²) in [4.78, 5) is 98.6. The second-order valence-corrected chi connectivity index (χ2v) is 19.3. The highest BCUT2D eigenvalue weighted by atomic mass is 32.2. The molecule has 340 valence electrons. The van der Waals surface area contributed by atoms with E-state index in [1.165, 1.54) is 32.5 Å². The highest BCUT2D eigenvalue weighted by molar-refractivity contribution is 7.99. The van der Waals surface area contributed by atoms with Gasteiger partial charge in [-0.25, -0.2) is 28.6 Å². The summed E-state index contributed by atoms with van der Waals surface area (Å²) in [7, 11) is -16.4. The Balaban J connectivity index is 1.40. The normalized spacial score (nSPS) is 20.9. The van der Waals surface area contributed by atoms with Crippen LogP contribution >= 0.6 is 35.2 Å². The van der Waals surface area contributed by atoms with Crippen molar-refractivity contribution >= 4 is 75.7 Å². The Morgan fingerprint density at radius 1 is 0.950 bits per heavy atom. The van der Waals surface area contributed by atoms with Gasteiger partial charge in [-0.1, -0.05) is 20.3 Å². The predicted molar refractivity (Wildman–Crippen MR) is 209 cm³/mol. The van der Waals surface area contributed by atoms with Crippen molar-refractivity contribution in [2.24, 2.45) is 5.41 Å². The Morgan fingerprint density at radius 2 is 1.63 bits per heavy atom. The number of ether oxygens (including phenoxy) is 1. The number of unbranched alkanes of at least 4 members (excludes halogenated alkanes) is 2. The second kappa shape index (κ2) is 22.9. The van der Waals surface area contributed by atoms with E-state index in [-0.39, 0.29) is 53.9 Å². The Kier molecular flexibility index (Phi) is 19.6. The summed E-state index contributed by atoms with van der Waals surface area (Å²) in [6.07, 6.45) is -4.03. The van der Waals surface area contributed by atoms with Gasteiger partial charge < -0.3 is 61.0 Å². The number of phosphoric acid groups is 3. The molecule has 0 bridgehead atoms. The highest BCUT2D eigenvalue weighted by Gasteiger charge is 2.50. The maximum atomic E-state index is 12.7.